The van der Waals surface area contributed by atoms with Crippen molar-refractivity contribution in [2.75, 3.05) is 25.1 Å². The maximum atomic E-state index is 12.6. The number of piperidine rings is 1. The van der Waals surface area contributed by atoms with Gasteiger partial charge in [0.2, 0.25) is 0 Å². The predicted molar refractivity (Wildman–Crippen MR) is 79.3 cm³/mol. The number of nitrogens with one attached hydrogen (secondary N) is 1. The lowest BCUT2D eigenvalue weighted by Gasteiger charge is -2.33. The molecule has 0 aromatic heterocycles. The van der Waals surface area contributed by atoms with Crippen molar-refractivity contribution < 1.29 is 9.90 Å². The fraction of sp³-hybridized carbons (Fsp3) is 0.533. The van der Waals surface area contributed by atoms with Gasteiger partial charge < -0.3 is 15.4 Å². The van der Waals surface area contributed by atoms with E-state index >= 15 is 0 Å². The monoisotopic (exact) mass is 277 g/mol. The molecule has 1 atom stereocenters. The Hall–Kier alpha value is -1.59. The van der Waals surface area contributed by atoms with E-state index in [4.69, 9.17) is 10.9 Å². The van der Waals surface area contributed by atoms with Crippen LogP contribution >= 0.6 is 0 Å². The lowest BCUT2D eigenvalue weighted by atomic mass is 9.94. The van der Waals surface area contributed by atoms with Crippen LogP contribution in [0.5, 0.6) is 0 Å². The van der Waals surface area contributed by atoms with Crippen molar-refractivity contribution in [2.24, 2.45) is 11.8 Å². The van der Waals surface area contributed by atoms with Crippen molar-refractivity contribution in [3.8, 4) is 0 Å². The molecular weight excluding hydrogens is 254 g/mol. The van der Waals surface area contributed by atoms with Gasteiger partial charge in [0, 0.05) is 19.7 Å². The van der Waals surface area contributed by atoms with Gasteiger partial charge in [-0.05, 0) is 49.8 Å². The Kier molecular flexibility index (Phi) is 4.98. The SMILES string of the molecule is Cc1ccc(C(=O)N2CCCC(CCO)C2)c(NN)c1. The topological polar surface area (TPSA) is 78.6 Å². The molecule has 1 fully saturated rings. The van der Waals surface area contributed by atoms with Crippen LogP contribution in [0.3, 0.4) is 0 Å². The van der Waals surface area contributed by atoms with E-state index in [1.54, 1.807) is 0 Å². The molecule has 1 aromatic carbocycles. The third kappa shape index (κ3) is 3.29. The van der Waals surface area contributed by atoms with Crippen molar-refractivity contribution in [2.45, 2.75) is 26.2 Å². The zero-order valence-electron chi connectivity index (χ0n) is 11.9. The fourth-order valence-corrected chi connectivity index (χ4v) is 2.80. The summed E-state index contributed by atoms with van der Waals surface area (Å²) in [6.07, 6.45) is 2.84. The number of aliphatic hydroxyl groups excluding tert-OH is 1. The van der Waals surface area contributed by atoms with E-state index in [-0.39, 0.29) is 12.5 Å². The summed E-state index contributed by atoms with van der Waals surface area (Å²) >= 11 is 0. The van der Waals surface area contributed by atoms with E-state index in [9.17, 15) is 4.79 Å². The average molecular weight is 277 g/mol. The number of anilines is 1. The van der Waals surface area contributed by atoms with E-state index in [0.717, 1.165) is 37.9 Å². The van der Waals surface area contributed by atoms with Gasteiger partial charge in [0.15, 0.2) is 0 Å². The minimum absolute atomic E-state index is 0.0144. The number of aliphatic hydroxyl groups is 1. The molecule has 0 radical (unpaired) electrons. The molecule has 1 aromatic rings. The molecule has 1 heterocycles. The summed E-state index contributed by atoms with van der Waals surface area (Å²) in [4.78, 5) is 14.5. The molecule has 1 unspecified atom stereocenters. The number of nitrogen functional groups attached to an aromatic ring is 1. The summed E-state index contributed by atoms with van der Waals surface area (Å²) in [5.74, 6) is 5.92. The number of carbonyl (C=O) groups excluding carboxylic acids is 1. The van der Waals surface area contributed by atoms with Crippen LogP contribution in [0.25, 0.3) is 0 Å². The van der Waals surface area contributed by atoms with Gasteiger partial charge in [-0.15, -0.1) is 0 Å². The van der Waals surface area contributed by atoms with Crippen LogP contribution in [-0.4, -0.2) is 35.6 Å². The Morgan fingerprint density at radius 3 is 3.05 bits per heavy atom. The van der Waals surface area contributed by atoms with Gasteiger partial charge in [-0.25, -0.2) is 0 Å². The van der Waals surface area contributed by atoms with Crippen molar-refractivity contribution in [1.29, 1.82) is 0 Å². The summed E-state index contributed by atoms with van der Waals surface area (Å²) in [7, 11) is 0. The number of benzene rings is 1. The van der Waals surface area contributed by atoms with Crippen molar-refractivity contribution >= 4 is 11.6 Å². The zero-order chi connectivity index (χ0) is 14.5. The average Bonchev–Trinajstić information content (AvgIpc) is 2.47. The van der Waals surface area contributed by atoms with E-state index in [1.165, 1.54) is 0 Å². The van der Waals surface area contributed by atoms with E-state index < -0.39 is 0 Å². The number of hydrazine groups is 1. The smallest absolute Gasteiger partial charge is 0.256 e. The molecule has 1 aliphatic heterocycles. The summed E-state index contributed by atoms with van der Waals surface area (Å²) < 4.78 is 0. The lowest BCUT2D eigenvalue weighted by Crippen LogP contribution is -2.40. The Balaban J connectivity index is 2.14. The number of amides is 1. The molecule has 4 N–H and O–H groups in total. The maximum Gasteiger partial charge on any atom is 0.256 e. The van der Waals surface area contributed by atoms with Crippen molar-refractivity contribution in [1.82, 2.24) is 4.90 Å². The largest absolute Gasteiger partial charge is 0.396 e. The van der Waals surface area contributed by atoms with Gasteiger partial charge >= 0.3 is 0 Å². The highest BCUT2D eigenvalue weighted by molar-refractivity contribution is 5.99. The molecule has 5 heteroatoms. The van der Waals surface area contributed by atoms with Gasteiger partial charge in [-0.2, -0.15) is 0 Å². The van der Waals surface area contributed by atoms with E-state index in [0.29, 0.717) is 17.2 Å². The standard InChI is InChI=1S/C15H23N3O2/c1-11-4-5-13(14(9-11)17-16)15(20)18-7-2-3-12(10-18)6-8-19/h4-5,9,12,17,19H,2-3,6-8,10,16H2,1H3. The molecule has 0 saturated carbocycles. The molecule has 110 valence electrons. The number of hydrogen-bond donors (Lipinski definition) is 3. The third-order valence-electron chi connectivity index (χ3n) is 3.90. The second kappa shape index (κ2) is 6.72. The Morgan fingerprint density at radius 2 is 2.35 bits per heavy atom. The predicted octanol–water partition coefficient (Wildman–Crippen LogP) is 1.52. The first-order valence-electron chi connectivity index (χ1n) is 7.13. The van der Waals surface area contributed by atoms with Crippen molar-refractivity contribution in [3.05, 3.63) is 29.3 Å². The van der Waals surface area contributed by atoms with E-state index in [1.807, 2.05) is 30.0 Å². The fourth-order valence-electron chi connectivity index (χ4n) is 2.80. The number of rotatable bonds is 4. The molecule has 1 saturated heterocycles. The number of carbonyl (C=O) groups is 1. The molecule has 0 spiro atoms. The van der Waals surface area contributed by atoms with E-state index in [2.05, 4.69) is 5.43 Å². The Bertz CT molecular complexity index is 474. The zero-order valence-corrected chi connectivity index (χ0v) is 11.9. The van der Waals surface area contributed by atoms with Crippen LogP contribution in [0, 0.1) is 12.8 Å². The van der Waals surface area contributed by atoms with Gasteiger partial charge in [0.25, 0.3) is 5.91 Å². The van der Waals surface area contributed by atoms with Crippen LogP contribution in [0.4, 0.5) is 5.69 Å². The molecule has 1 aliphatic rings. The van der Waals surface area contributed by atoms with Crippen LogP contribution < -0.4 is 11.3 Å². The van der Waals surface area contributed by atoms with Gasteiger partial charge in [-0.1, -0.05) is 6.07 Å². The minimum Gasteiger partial charge on any atom is -0.396 e. The second-order valence-corrected chi connectivity index (χ2v) is 5.47. The number of nitrogens with two attached hydrogens (primary N) is 1. The molecule has 20 heavy (non-hydrogen) atoms. The molecule has 2 rings (SSSR count). The van der Waals surface area contributed by atoms with Gasteiger partial charge in [0.1, 0.15) is 0 Å². The molecular formula is C15H23N3O2. The molecule has 0 aliphatic carbocycles. The third-order valence-corrected chi connectivity index (χ3v) is 3.90. The Morgan fingerprint density at radius 1 is 1.55 bits per heavy atom. The summed E-state index contributed by atoms with van der Waals surface area (Å²) in [6.45, 7) is 3.65. The first-order valence-corrected chi connectivity index (χ1v) is 7.13. The van der Waals surface area contributed by atoms with Crippen molar-refractivity contribution in [3.63, 3.8) is 0 Å². The number of likely N-dealkylation sites (tertiary alicyclic amines) is 1. The quantitative estimate of drug-likeness (QED) is 0.576. The number of aryl methyl sites for hydroxylation is 1. The second-order valence-electron chi connectivity index (χ2n) is 5.47. The van der Waals surface area contributed by atoms with Gasteiger partial charge in [0.05, 0.1) is 11.3 Å². The maximum absolute atomic E-state index is 12.6. The number of hydrogen-bond acceptors (Lipinski definition) is 4. The lowest BCUT2D eigenvalue weighted by molar-refractivity contribution is 0.0654. The highest BCUT2D eigenvalue weighted by Crippen LogP contribution is 2.24. The number of nitrogens with zero attached hydrogens (tertiary/aromatic N) is 1. The van der Waals surface area contributed by atoms with Crippen LogP contribution in [0.15, 0.2) is 18.2 Å². The highest BCUT2D eigenvalue weighted by Gasteiger charge is 2.25. The molecule has 5 nitrogen and oxygen atoms in total. The van der Waals surface area contributed by atoms with Crippen LogP contribution in [0.2, 0.25) is 0 Å². The van der Waals surface area contributed by atoms with Crippen LogP contribution in [-0.2, 0) is 0 Å². The summed E-state index contributed by atoms with van der Waals surface area (Å²) in [5, 5.41) is 9.04. The van der Waals surface area contributed by atoms with Crippen LogP contribution in [0.1, 0.15) is 35.2 Å². The van der Waals surface area contributed by atoms with Gasteiger partial charge in [-0.3, -0.25) is 10.6 Å². The summed E-state index contributed by atoms with van der Waals surface area (Å²) in [6, 6.07) is 5.62. The normalized spacial score (nSPS) is 18.9. The Labute approximate surface area is 119 Å². The first-order chi connectivity index (χ1) is 9.65. The highest BCUT2D eigenvalue weighted by atomic mass is 16.3. The molecule has 0 bridgehead atoms. The minimum atomic E-state index is 0.0144. The molecule has 1 amide bonds. The first kappa shape index (κ1) is 14.8. The summed E-state index contributed by atoms with van der Waals surface area (Å²) in [5.41, 5.74) is 4.95.